The van der Waals surface area contributed by atoms with Crippen molar-refractivity contribution in [3.63, 3.8) is 0 Å². The molecule has 1 fully saturated rings. The summed E-state index contributed by atoms with van der Waals surface area (Å²) < 4.78 is 4.97. The zero-order valence-electron chi connectivity index (χ0n) is 13.9. The third-order valence-corrected chi connectivity index (χ3v) is 4.45. The number of piperidine rings is 1. The van der Waals surface area contributed by atoms with E-state index in [0.29, 0.717) is 12.0 Å². The van der Waals surface area contributed by atoms with Crippen LogP contribution in [0.2, 0.25) is 0 Å². The average molecular weight is 320 g/mol. The zero-order chi connectivity index (χ0) is 17.0. The smallest absolute Gasteiger partial charge is 0.345 e. The van der Waals surface area contributed by atoms with Crippen LogP contribution in [-0.2, 0) is 4.74 Å². The Morgan fingerprint density at radius 1 is 1.43 bits per heavy atom. The molecule has 1 aliphatic rings. The number of rotatable bonds is 5. The number of hydrogen-bond donors (Lipinski definition) is 0. The fraction of sp³-hybridized carbons (Fsp3) is 0.588. The molecule has 1 aromatic carbocycles. The van der Waals surface area contributed by atoms with Gasteiger partial charge in [-0.1, -0.05) is 13.8 Å². The molecule has 126 valence electrons. The van der Waals surface area contributed by atoms with Gasteiger partial charge in [0.25, 0.3) is 5.69 Å². The number of hydrogen-bond acceptors (Lipinski definition) is 5. The number of carbonyl (C=O) groups excluding carboxylic acids is 1. The van der Waals surface area contributed by atoms with Crippen LogP contribution >= 0.6 is 0 Å². The molecule has 1 unspecified atom stereocenters. The summed E-state index contributed by atoms with van der Waals surface area (Å²) in [6.45, 7) is 7.18. The Labute approximate surface area is 136 Å². The largest absolute Gasteiger partial charge is 0.462 e. The second-order valence-electron chi connectivity index (χ2n) is 6.06. The summed E-state index contributed by atoms with van der Waals surface area (Å²) in [4.78, 5) is 24.9. The van der Waals surface area contributed by atoms with Crippen LogP contribution in [0.5, 0.6) is 0 Å². The highest BCUT2D eigenvalue weighted by Crippen LogP contribution is 2.32. The van der Waals surface area contributed by atoms with Crippen molar-refractivity contribution in [2.24, 2.45) is 5.92 Å². The molecular formula is C17H24N2O4. The molecule has 0 radical (unpaired) electrons. The van der Waals surface area contributed by atoms with Crippen LogP contribution in [0.1, 0.15) is 50.4 Å². The Morgan fingerprint density at radius 3 is 2.78 bits per heavy atom. The van der Waals surface area contributed by atoms with E-state index in [1.54, 1.807) is 19.1 Å². The van der Waals surface area contributed by atoms with E-state index in [1.165, 1.54) is 6.07 Å². The number of nitro groups is 1. The Morgan fingerprint density at radius 2 is 2.17 bits per heavy atom. The van der Waals surface area contributed by atoms with Gasteiger partial charge in [-0.3, -0.25) is 10.1 Å². The van der Waals surface area contributed by atoms with E-state index in [1.807, 2.05) is 0 Å². The van der Waals surface area contributed by atoms with Gasteiger partial charge in [0.05, 0.1) is 11.5 Å². The lowest BCUT2D eigenvalue weighted by molar-refractivity contribution is -0.385. The summed E-state index contributed by atoms with van der Waals surface area (Å²) in [5, 5.41) is 11.2. The van der Waals surface area contributed by atoms with E-state index >= 15 is 0 Å². The molecule has 0 aliphatic carbocycles. The first-order valence-corrected chi connectivity index (χ1v) is 8.20. The van der Waals surface area contributed by atoms with Crippen LogP contribution in [0.4, 0.5) is 11.4 Å². The van der Waals surface area contributed by atoms with Crippen molar-refractivity contribution in [2.75, 3.05) is 18.1 Å². The van der Waals surface area contributed by atoms with E-state index in [0.717, 1.165) is 31.5 Å². The van der Waals surface area contributed by atoms with Gasteiger partial charge in [0.15, 0.2) is 0 Å². The second kappa shape index (κ2) is 7.44. The molecule has 2 atom stereocenters. The molecule has 0 bridgehead atoms. The molecule has 23 heavy (non-hydrogen) atoms. The third-order valence-electron chi connectivity index (χ3n) is 4.45. The molecule has 6 heteroatoms. The van der Waals surface area contributed by atoms with E-state index < -0.39 is 10.9 Å². The quantitative estimate of drug-likeness (QED) is 0.469. The predicted octanol–water partition coefficient (Wildman–Crippen LogP) is 3.79. The van der Waals surface area contributed by atoms with Crippen LogP contribution in [0.25, 0.3) is 0 Å². The first-order chi connectivity index (χ1) is 11.0. The van der Waals surface area contributed by atoms with Gasteiger partial charge in [-0.05, 0) is 44.2 Å². The van der Waals surface area contributed by atoms with Gasteiger partial charge >= 0.3 is 5.97 Å². The molecule has 1 heterocycles. The van der Waals surface area contributed by atoms with E-state index in [2.05, 4.69) is 18.7 Å². The van der Waals surface area contributed by atoms with Crippen molar-refractivity contribution in [3.05, 3.63) is 33.9 Å². The highest BCUT2D eigenvalue weighted by atomic mass is 16.6. The number of nitro benzene ring substituents is 1. The monoisotopic (exact) mass is 320 g/mol. The minimum atomic E-state index is -0.639. The lowest BCUT2D eigenvalue weighted by Gasteiger charge is -2.40. The molecule has 6 nitrogen and oxygen atoms in total. The van der Waals surface area contributed by atoms with Gasteiger partial charge < -0.3 is 9.64 Å². The molecule has 1 saturated heterocycles. The maximum absolute atomic E-state index is 12.1. The van der Waals surface area contributed by atoms with Crippen molar-refractivity contribution in [1.82, 2.24) is 0 Å². The minimum absolute atomic E-state index is 0.0304. The maximum Gasteiger partial charge on any atom is 0.345 e. The SMILES string of the molecule is CCOC(=O)c1cc(N2CCC(C)C[C@@H]2CC)ccc1[N+](=O)[O-]. The number of benzene rings is 1. The van der Waals surface area contributed by atoms with Crippen molar-refractivity contribution in [3.8, 4) is 0 Å². The highest BCUT2D eigenvalue weighted by molar-refractivity contribution is 5.95. The molecule has 0 amide bonds. The van der Waals surface area contributed by atoms with Gasteiger partial charge in [-0.25, -0.2) is 4.79 Å². The van der Waals surface area contributed by atoms with Gasteiger partial charge in [0.1, 0.15) is 5.56 Å². The standard InChI is InChI=1S/C17H24N2O4/c1-4-13-10-12(3)8-9-18(13)14-6-7-16(19(21)22)15(11-14)17(20)23-5-2/h6-7,11-13H,4-5,8-10H2,1-3H3/t12?,13-/m0/s1. The van der Waals surface area contributed by atoms with Crippen molar-refractivity contribution >= 4 is 17.3 Å². The number of ether oxygens (including phenoxy) is 1. The Balaban J connectivity index is 2.38. The van der Waals surface area contributed by atoms with E-state index in [4.69, 9.17) is 4.74 Å². The summed E-state index contributed by atoms with van der Waals surface area (Å²) in [7, 11) is 0. The number of esters is 1. The minimum Gasteiger partial charge on any atom is -0.462 e. The normalized spacial score (nSPS) is 21.1. The molecule has 0 N–H and O–H groups in total. The summed E-state index contributed by atoms with van der Waals surface area (Å²) >= 11 is 0. The van der Waals surface area contributed by atoms with Crippen LogP contribution in [-0.4, -0.2) is 30.1 Å². The number of carbonyl (C=O) groups is 1. The molecular weight excluding hydrogens is 296 g/mol. The molecule has 0 spiro atoms. The highest BCUT2D eigenvalue weighted by Gasteiger charge is 2.28. The number of anilines is 1. The van der Waals surface area contributed by atoms with E-state index in [9.17, 15) is 14.9 Å². The molecule has 2 rings (SSSR count). The first kappa shape index (κ1) is 17.2. The molecule has 0 aromatic heterocycles. The summed E-state index contributed by atoms with van der Waals surface area (Å²) in [6.07, 6.45) is 3.19. The van der Waals surface area contributed by atoms with Crippen molar-refractivity contribution in [2.45, 2.75) is 46.1 Å². The van der Waals surface area contributed by atoms with Crippen molar-refractivity contribution in [1.29, 1.82) is 0 Å². The maximum atomic E-state index is 12.1. The average Bonchev–Trinajstić information content (AvgIpc) is 2.54. The molecule has 0 saturated carbocycles. The summed E-state index contributed by atoms with van der Waals surface area (Å²) in [5.41, 5.74) is 0.686. The summed E-state index contributed by atoms with van der Waals surface area (Å²) in [6, 6.07) is 5.15. The third kappa shape index (κ3) is 3.81. The predicted molar refractivity (Wildman–Crippen MR) is 88.9 cm³/mol. The van der Waals surface area contributed by atoms with Crippen molar-refractivity contribution < 1.29 is 14.5 Å². The van der Waals surface area contributed by atoms with Gasteiger partial charge in [-0.2, -0.15) is 0 Å². The Hall–Kier alpha value is -2.11. The van der Waals surface area contributed by atoms with Crippen LogP contribution in [0.15, 0.2) is 18.2 Å². The molecule has 1 aliphatic heterocycles. The zero-order valence-corrected chi connectivity index (χ0v) is 13.9. The Kier molecular flexibility index (Phi) is 5.58. The fourth-order valence-corrected chi connectivity index (χ4v) is 3.21. The molecule has 1 aromatic rings. The van der Waals surface area contributed by atoms with Gasteiger partial charge in [0, 0.05) is 24.3 Å². The fourth-order valence-electron chi connectivity index (χ4n) is 3.21. The van der Waals surface area contributed by atoms with Crippen LogP contribution in [0, 0.1) is 16.0 Å². The number of nitrogens with zero attached hydrogens (tertiary/aromatic N) is 2. The Bertz CT molecular complexity index is 588. The lowest BCUT2D eigenvalue weighted by Crippen LogP contribution is -2.41. The van der Waals surface area contributed by atoms with E-state index in [-0.39, 0.29) is 17.9 Å². The van der Waals surface area contributed by atoms with Gasteiger partial charge in [0.2, 0.25) is 0 Å². The van der Waals surface area contributed by atoms with Crippen LogP contribution < -0.4 is 4.90 Å². The van der Waals surface area contributed by atoms with Gasteiger partial charge in [-0.15, -0.1) is 0 Å². The first-order valence-electron chi connectivity index (χ1n) is 8.20. The topological polar surface area (TPSA) is 72.7 Å². The summed E-state index contributed by atoms with van der Waals surface area (Å²) in [5.74, 6) is 0.0400. The second-order valence-corrected chi connectivity index (χ2v) is 6.06. The van der Waals surface area contributed by atoms with Crippen LogP contribution in [0.3, 0.4) is 0 Å². The lowest BCUT2D eigenvalue weighted by atomic mass is 9.90.